The Morgan fingerprint density at radius 2 is 2.47 bits per heavy atom. The van der Waals surface area contributed by atoms with Crippen LogP contribution in [0.5, 0.6) is 0 Å². The normalized spacial score (nSPS) is 26.7. The lowest BCUT2D eigenvalue weighted by molar-refractivity contribution is 0.0256. The lowest BCUT2D eigenvalue weighted by Crippen LogP contribution is -2.48. The molecule has 2 unspecified atom stereocenters. The molecule has 2 aliphatic rings. The summed E-state index contributed by atoms with van der Waals surface area (Å²) in [6.07, 6.45) is 7.42. The molecule has 0 radical (unpaired) electrons. The van der Waals surface area contributed by atoms with Crippen molar-refractivity contribution in [2.24, 2.45) is 0 Å². The molecule has 0 bridgehead atoms. The van der Waals surface area contributed by atoms with E-state index in [0.717, 1.165) is 26.2 Å². The molecule has 0 aromatic carbocycles. The fourth-order valence-electron chi connectivity index (χ4n) is 3.06. The van der Waals surface area contributed by atoms with Crippen molar-refractivity contribution in [3.63, 3.8) is 0 Å². The first-order chi connectivity index (χ1) is 9.38. The third kappa shape index (κ3) is 2.93. The van der Waals surface area contributed by atoms with Gasteiger partial charge in [-0.3, -0.25) is 0 Å². The highest BCUT2D eigenvalue weighted by molar-refractivity contribution is 7.15. The molecule has 19 heavy (non-hydrogen) atoms. The van der Waals surface area contributed by atoms with E-state index in [1.54, 1.807) is 0 Å². The SMILES string of the molecule is CCCNCc1cnc(N2CCOC3CCCC32)s1. The number of morpholine rings is 1. The number of anilines is 1. The van der Waals surface area contributed by atoms with Crippen molar-refractivity contribution in [1.82, 2.24) is 10.3 Å². The minimum atomic E-state index is 0.444. The number of thiazole rings is 1. The molecule has 3 rings (SSSR count). The quantitative estimate of drug-likeness (QED) is 0.841. The maximum atomic E-state index is 5.86. The van der Waals surface area contributed by atoms with Crippen molar-refractivity contribution in [1.29, 1.82) is 0 Å². The van der Waals surface area contributed by atoms with Gasteiger partial charge in [-0.2, -0.15) is 0 Å². The zero-order valence-electron chi connectivity index (χ0n) is 11.6. The molecule has 1 aromatic heterocycles. The lowest BCUT2D eigenvalue weighted by Gasteiger charge is -2.37. The Balaban J connectivity index is 1.64. The van der Waals surface area contributed by atoms with Crippen LogP contribution in [0.4, 0.5) is 5.13 Å². The molecule has 106 valence electrons. The third-order valence-electron chi connectivity index (χ3n) is 4.00. The topological polar surface area (TPSA) is 37.4 Å². The van der Waals surface area contributed by atoms with Crippen LogP contribution in [-0.2, 0) is 11.3 Å². The van der Waals surface area contributed by atoms with Crippen LogP contribution >= 0.6 is 11.3 Å². The van der Waals surface area contributed by atoms with E-state index in [4.69, 9.17) is 4.74 Å². The summed E-state index contributed by atoms with van der Waals surface area (Å²) in [6.45, 7) is 6.07. The molecule has 1 aliphatic heterocycles. The van der Waals surface area contributed by atoms with Gasteiger partial charge in [-0.1, -0.05) is 6.92 Å². The average molecular weight is 281 g/mol. The van der Waals surface area contributed by atoms with Crippen LogP contribution < -0.4 is 10.2 Å². The van der Waals surface area contributed by atoms with E-state index < -0.39 is 0 Å². The molecular weight excluding hydrogens is 258 g/mol. The Bertz CT molecular complexity index is 409. The Morgan fingerprint density at radius 1 is 1.53 bits per heavy atom. The average Bonchev–Trinajstić information content (AvgIpc) is 3.07. The smallest absolute Gasteiger partial charge is 0.185 e. The number of nitrogens with one attached hydrogen (secondary N) is 1. The van der Waals surface area contributed by atoms with Gasteiger partial charge in [-0.05, 0) is 32.2 Å². The molecule has 0 amide bonds. The van der Waals surface area contributed by atoms with Crippen LogP contribution in [0.1, 0.15) is 37.5 Å². The number of ether oxygens (including phenoxy) is 1. The van der Waals surface area contributed by atoms with Gasteiger partial charge in [-0.15, -0.1) is 11.3 Å². The fourth-order valence-corrected chi connectivity index (χ4v) is 4.03. The van der Waals surface area contributed by atoms with E-state index in [1.165, 1.54) is 35.7 Å². The Morgan fingerprint density at radius 3 is 3.37 bits per heavy atom. The van der Waals surface area contributed by atoms with E-state index in [-0.39, 0.29) is 0 Å². The highest BCUT2D eigenvalue weighted by Crippen LogP contribution is 2.34. The van der Waals surface area contributed by atoms with Crippen molar-refractivity contribution < 1.29 is 4.74 Å². The van der Waals surface area contributed by atoms with Gasteiger partial charge in [0, 0.05) is 24.2 Å². The Labute approximate surface area is 119 Å². The van der Waals surface area contributed by atoms with Gasteiger partial charge < -0.3 is 15.0 Å². The van der Waals surface area contributed by atoms with Crippen molar-refractivity contribution in [3.05, 3.63) is 11.1 Å². The minimum Gasteiger partial charge on any atom is -0.374 e. The second-order valence-electron chi connectivity index (χ2n) is 5.39. The van der Waals surface area contributed by atoms with Gasteiger partial charge in [0.25, 0.3) is 0 Å². The first kappa shape index (κ1) is 13.3. The highest BCUT2D eigenvalue weighted by Gasteiger charge is 2.37. The lowest BCUT2D eigenvalue weighted by atomic mass is 10.1. The molecule has 1 aromatic rings. The largest absolute Gasteiger partial charge is 0.374 e. The van der Waals surface area contributed by atoms with Crippen molar-refractivity contribution >= 4 is 16.5 Å². The zero-order valence-corrected chi connectivity index (χ0v) is 12.4. The molecule has 5 heteroatoms. The number of hydrogen-bond acceptors (Lipinski definition) is 5. The van der Waals surface area contributed by atoms with Gasteiger partial charge in [0.1, 0.15) is 0 Å². The second kappa shape index (κ2) is 6.20. The number of nitrogens with zero attached hydrogens (tertiary/aromatic N) is 2. The fraction of sp³-hybridized carbons (Fsp3) is 0.786. The molecule has 1 saturated heterocycles. The first-order valence-corrected chi connectivity index (χ1v) is 8.24. The molecular formula is C14H23N3OS. The van der Waals surface area contributed by atoms with Crippen LogP contribution in [0, 0.1) is 0 Å². The summed E-state index contributed by atoms with van der Waals surface area (Å²) < 4.78 is 5.86. The van der Waals surface area contributed by atoms with Crippen molar-refractivity contribution in [2.45, 2.75) is 51.3 Å². The monoisotopic (exact) mass is 281 g/mol. The molecule has 2 heterocycles. The van der Waals surface area contributed by atoms with Crippen LogP contribution in [0.3, 0.4) is 0 Å². The summed E-state index contributed by atoms with van der Waals surface area (Å²) in [5.41, 5.74) is 0. The maximum Gasteiger partial charge on any atom is 0.185 e. The van der Waals surface area contributed by atoms with Gasteiger partial charge in [-0.25, -0.2) is 4.98 Å². The van der Waals surface area contributed by atoms with Crippen LogP contribution in [0.2, 0.25) is 0 Å². The number of rotatable bonds is 5. The van der Waals surface area contributed by atoms with E-state index in [9.17, 15) is 0 Å². The van der Waals surface area contributed by atoms with E-state index in [1.807, 2.05) is 17.5 Å². The summed E-state index contributed by atoms with van der Waals surface area (Å²) in [5, 5.41) is 4.63. The molecule has 1 saturated carbocycles. The predicted molar refractivity (Wildman–Crippen MR) is 78.8 cm³/mol. The molecule has 4 nitrogen and oxygen atoms in total. The van der Waals surface area contributed by atoms with Crippen molar-refractivity contribution in [3.8, 4) is 0 Å². The molecule has 1 N–H and O–H groups in total. The number of aromatic nitrogens is 1. The number of fused-ring (bicyclic) bond motifs is 1. The summed E-state index contributed by atoms with van der Waals surface area (Å²) in [5.74, 6) is 0. The standard InChI is InChI=1S/C14H23N3OS/c1-2-6-15-9-11-10-16-14(19-11)17-7-8-18-13-5-3-4-12(13)17/h10,12-13,15H,2-9H2,1H3. The first-order valence-electron chi connectivity index (χ1n) is 7.42. The van der Waals surface area contributed by atoms with E-state index >= 15 is 0 Å². The summed E-state index contributed by atoms with van der Waals surface area (Å²) in [7, 11) is 0. The Hall–Kier alpha value is -0.650. The third-order valence-corrected chi connectivity index (χ3v) is 5.03. The summed E-state index contributed by atoms with van der Waals surface area (Å²) in [6, 6.07) is 0.566. The van der Waals surface area contributed by atoms with Crippen LogP contribution in [0.15, 0.2) is 6.20 Å². The minimum absolute atomic E-state index is 0.444. The van der Waals surface area contributed by atoms with Crippen LogP contribution in [-0.4, -0.2) is 36.8 Å². The van der Waals surface area contributed by atoms with Crippen LogP contribution in [0.25, 0.3) is 0 Å². The number of hydrogen-bond donors (Lipinski definition) is 1. The molecule has 2 fully saturated rings. The molecule has 1 aliphatic carbocycles. The highest BCUT2D eigenvalue weighted by atomic mass is 32.1. The summed E-state index contributed by atoms with van der Waals surface area (Å²) in [4.78, 5) is 8.45. The van der Waals surface area contributed by atoms with E-state index in [2.05, 4.69) is 22.1 Å². The van der Waals surface area contributed by atoms with Gasteiger partial charge in [0.15, 0.2) is 5.13 Å². The second-order valence-corrected chi connectivity index (χ2v) is 6.48. The molecule has 2 atom stereocenters. The van der Waals surface area contributed by atoms with Gasteiger partial charge in [0.2, 0.25) is 0 Å². The maximum absolute atomic E-state index is 5.86. The summed E-state index contributed by atoms with van der Waals surface area (Å²) >= 11 is 1.84. The predicted octanol–water partition coefficient (Wildman–Crippen LogP) is 2.40. The van der Waals surface area contributed by atoms with Crippen molar-refractivity contribution in [2.75, 3.05) is 24.6 Å². The molecule has 0 spiro atoms. The van der Waals surface area contributed by atoms with E-state index in [0.29, 0.717) is 12.1 Å². The van der Waals surface area contributed by atoms with Gasteiger partial charge >= 0.3 is 0 Å². The zero-order chi connectivity index (χ0) is 13.1. The van der Waals surface area contributed by atoms with Gasteiger partial charge in [0.05, 0.1) is 18.8 Å². The Kier molecular flexibility index (Phi) is 4.35.